The summed E-state index contributed by atoms with van der Waals surface area (Å²) in [4.78, 5) is 20.4. The van der Waals surface area contributed by atoms with Gasteiger partial charge in [0.2, 0.25) is 0 Å². The standard InChI is InChI=1S/C15H13ClN2O2/c1-9-17-4-2-13(18-9)14(19)8-11-7-12(16)6-10-3-5-20-15(10)11/h2,4,6-7H,3,5,8H2,1H3. The van der Waals surface area contributed by atoms with Gasteiger partial charge in [-0.05, 0) is 30.7 Å². The Morgan fingerprint density at radius 2 is 2.30 bits per heavy atom. The largest absolute Gasteiger partial charge is 0.493 e. The van der Waals surface area contributed by atoms with Gasteiger partial charge in [-0.3, -0.25) is 4.79 Å². The molecule has 0 atom stereocenters. The molecule has 3 rings (SSSR count). The van der Waals surface area contributed by atoms with Gasteiger partial charge < -0.3 is 4.74 Å². The number of rotatable bonds is 3. The van der Waals surface area contributed by atoms with Crippen LogP contribution in [0.25, 0.3) is 0 Å². The lowest BCUT2D eigenvalue weighted by molar-refractivity contribution is 0.0987. The number of carbonyl (C=O) groups excluding carboxylic acids is 1. The monoisotopic (exact) mass is 288 g/mol. The van der Waals surface area contributed by atoms with Gasteiger partial charge in [0, 0.05) is 29.6 Å². The van der Waals surface area contributed by atoms with E-state index in [2.05, 4.69) is 9.97 Å². The second-order valence-electron chi connectivity index (χ2n) is 4.74. The molecule has 4 nitrogen and oxygen atoms in total. The molecule has 0 saturated carbocycles. The Hall–Kier alpha value is -1.94. The number of aryl methyl sites for hydroxylation is 1. The lowest BCUT2D eigenvalue weighted by Gasteiger charge is -2.08. The predicted molar refractivity (Wildman–Crippen MR) is 75.5 cm³/mol. The number of halogens is 1. The summed E-state index contributed by atoms with van der Waals surface area (Å²) in [7, 11) is 0. The lowest BCUT2D eigenvalue weighted by Crippen LogP contribution is -2.08. The number of hydrogen-bond acceptors (Lipinski definition) is 4. The van der Waals surface area contributed by atoms with E-state index in [1.54, 1.807) is 25.3 Å². The highest BCUT2D eigenvalue weighted by atomic mass is 35.5. The zero-order chi connectivity index (χ0) is 14.1. The maximum atomic E-state index is 12.3. The average Bonchev–Trinajstić information content (AvgIpc) is 2.86. The minimum absolute atomic E-state index is 0.0598. The van der Waals surface area contributed by atoms with Crippen LogP contribution in [0, 0.1) is 6.92 Å². The summed E-state index contributed by atoms with van der Waals surface area (Å²) < 4.78 is 5.60. The van der Waals surface area contributed by atoms with E-state index in [4.69, 9.17) is 16.3 Å². The zero-order valence-electron chi connectivity index (χ0n) is 11.0. The van der Waals surface area contributed by atoms with E-state index in [9.17, 15) is 4.79 Å². The molecule has 1 aliphatic heterocycles. The highest BCUT2D eigenvalue weighted by Crippen LogP contribution is 2.33. The van der Waals surface area contributed by atoms with Crippen molar-refractivity contribution in [3.8, 4) is 5.75 Å². The fourth-order valence-corrected chi connectivity index (χ4v) is 2.62. The third kappa shape index (κ3) is 2.51. The molecular formula is C15H13ClN2O2. The second-order valence-corrected chi connectivity index (χ2v) is 5.18. The van der Waals surface area contributed by atoms with Crippen molar-refractivity contribution in [1.82, 2.24) is 9.97 Å². The molecule has 0 bridgehead atoms. The van der Waals surface area contributed by atoms with Crippen molar-refractivity contribution in [2.75, 3.05) is 6.61 Å². The number of Topliss-reactive ketones (excluding diaryl/α,β-unsaturated/α-hetero) is 1. The number of fused-ring (bicyclic) bond motifs is 1. The molecule has 2 aromatic rings. The summed E-state index contributed by atoms with van der Waals surface area (Å²) in [5.74, 6) is 1.33. The van der Waals surface area contributed by atoms with E-state index >= 15 is 0 Å². The highest BCUT2D eigenvalue weighted by molar-refractivity contribution is 6.30. The van der Waals surface area contributed by atoms with Crippen molar-refractivity contribution < 1.29 is 9.53 Å². The van der Waals surface area contributed by atoms with Crippen molar-refractivity contribution in [2.45, 2.75) is 19.8 Å². The molecule has 1 aromatic carbocycles. The maximum absolute atomic E-state index is 12.3. The minimum atomic E-state index is -0.0598. The van der Waals surface area contributed by atoms with Crippen LogP contribution in [0.15, 0.2) is 24.4 Å². The van der Waals surface area contributed by atoms with Crippen LogP contribution in [-0.4, -0.2) is 22.4 Å². The average molecular weight is 289 g/mol. The number of ketones is 1. The molecule has 0 radical (unpaired) electrons. The Balaban J connectivity index is 1.90. The number of ether oxygens (including phenoxy) is 1. The molecule has 5 heteroatoms. The van der Waals surface area contributed by atoms with E-state index < -0.39 is 0 Å². The van der Waals surface area contributed by atoms with E-state index in [1.807, 2.05) is 6.07 Å². The Bertz CT molecular complexity index is 686. The summed E-state index contributed by atoms with van der Waals surface area (Å²) in [6.45, 7) is 2.40. The van der Waals surface area contributed by atoms with Crippen molar-refractivity contribution in [3.63, 3.8) is 0 Å². The van der Waals surface area contributed by atoms with Crippen LogP contribution in [0.2, 0.25) is 5.02 Å². The van der Waals surface area contributed by atoms with Crippen LogP contribution in [0.3, 0.4) is 0 Å². The topological polar surface area (TPSA) is 52.1 Å². The molecular weight excluding hydrogens is 276 g/mol. The van der Waals surface area contributed by atoms with Crippen LogP contribution in [-0.2, 0) is 12.8 Å². The Morgan fingerprint density at radius 1 is 1.45 bits per heavy atom. The molecule has 0 saturated heterocycles. The Morgan fingerprint density at radius 3 is 3.10 bits per heavy atom. The van der Waals surface area contributed by atoms with Gasteiger partial charge in [0.15, 0.2) is 5.78 Å². The summed E-state index contributed by atoms with van der Waals surface area (Å²) in [6, 6.07) is 5.31. The SMILES string of the molecule is Cc1nccc(C(=O)Cc2cc(Cl)cc3c2OCC3)n1. The molecule has 0 N–H and O–H groups in total. The molecule has 2 heterocycles. The zero-order valence-corrected chi connectivity index (χ0v) is 11.8. The minimum Gasteiger partial charge on any atom is -0.493 e. The number of hydrogen-bond donors (Lipinski definition) is 0. The number of aromatic nitrogens is 2. The van der Waals surface area contributed by atoms with Gasteiger partial charge in [0.05, 0.1) is 6.61 Å². The van der Waals surface area contributed by atoms with E-state index in [-0.39, 0.29) is 12.2 Å². The number of nitrogens with zero attached hydrogens (tertiary/aromatic N) is 2. The van der Waals surface area contributed by atoms with Crippen LogP contribution < -0.4 is 4.74 Å². The van der Waals surface area contributed by atoms with Crippen molar-refractivity contribution >= 4 is 17.4 Å². The summed E-state index contributed by atoms with van der Waals surface area (Å²) in [5, 5.41) is 0.635. The van der Waals surface area contributed by atoms with E-state index in [1.165, 1.54) is 0 Å². The predicted octanol–water partition coefficient (Wildman–Crippen LogP) is 2.80. The molecule has 1 aromatic heterocycles. The van der Waals surface area contributed by atoms with Gasteiger partial charge in [-0.25, -0.2) is 9.97 Å². The quantitative estimate of drug-likeness (QED) is 0.815. The van der Waals surface area contributed by atoms with Gasteiger partial charge >= 0.3 is 0 Å². The van der Waals surface area contributed by atoms with Gasteiger partial charge in [-0.2, -0.15) is 0 Å². The van der Waals surface area contributed by atoms with Crippen LogP contribution in [0.5, 0.6) is 5.75 Å². The molecule has 20 heavy (non-hydrogen) atoms. The lowest BCUT2D eigenvalue weighted by atomic mass is 10.0. The maximum Gasteiger partial charge on any atom is 0.185 e. The summed E-state index contributed by atoms with van der Waals surface area (Å²) in [5.41, 5.74) is 2.31. The number of carbonyl (C=O) groups is 1. The van der Waals surface area contributed by atoms with Crippen molar-refractivity contribution in [2.24, 2.45) is 0 Å². The Labute approximate surface area is 121 Å². The van der Waals surface area contributed by atoms with Gasteiger partial charge in [0.1, 0.15) is 17.3 Å². The van der Waals surface area contributed by atoms with Gasteiger partial charge in [0.25, 0.3) is 0 Å². The smallest absolute Gasteiger partial charge is 0.185 e. The second kappa shape index (κ2) is 5.21. The number of benzene rings is 1. The first-order valence-corrected chi connectivity index (χ1v) is 6.78. The Kier molecular flexibility index (Phi) is 3.40. The third-order valence-electron chi connectivity index (χ3n) is 3.24. The van der Waals surface area contributed by atoms with Crippen LogP contribution >= 0.6 is 11.6 Å². The molecule has 1 aliphatic rings. The first-order valence-electron chi connectivity index (χ1n) is 6.40. The first kappa shape index (κ1) is 13.1. The molecule has 0 unspecified atom stereocenters. The van der Waals surface area contributed by atoms with E-state index in [0.717, 1.165) is 23.3 Å². The molecule has 0 fully saturated rings. The molecule has 0 amide bonds. The van der Waals surface area contributed by atoms with Crippen LogP contribution in [0.1, 0.15) is 27.4 Å². The van der Waals surface area contributed by atoms with Crippen LogP contribution in [0.4, 0.5) is 0 Å². The third-order valence-corrected chi connectivity index (χ3v) is 3.46. The normalized spacial score (nSPS) is 12.9. The summed E-state index contributed by atoms with van der Waals surface area (Å²) >= 11 is 6.09. The van der Waals surface area contributed by atoms with Crippen molar-refractivity contribution in [1.29, 1.82) is 0 Å². The van der Waals surface area contributed by atoms with E-state index in [0.29, 0.717) is 23.1 Å². The first-order chi connectivity index (χ1) is 9.63. The van der Waals surface area contributed by atoms with Gasteiger partial charge in [-0.15, -0.1) is 0 Å². The van der Waals surface area contributed by atoms with Crippen molar-refractivity contribution in [3.05, 3.63) is 52.1 Å². The van der Waals surface area contributed by atoms with Gasteiger partial charge in [-0.1, -0.05) is 11.6 Å². The fraction of sp³-hybridized carbons (Fsp3) is 0.267. The highest BCUT2D eigenvalue weighted by Gasteiger charge is 2.20. The molecule has 0 spiro atoms. The molecule has 102 valence electrons. The molecule has 0 aliphatic carbocycles. The fourth-order valence-electron chi connectivity index (χ4n) is 2.35. The summed E-state index contributed by atoms with van der Waals surface area (Å²) in [6.07, 6.45) is 2.66.